The Morgan fingerprint density at radius 3 is 0.486 bits per heavy atom. The summed E-state index contributed by atoms with van der Waals surface area (Å²) >= 11 is 0. The van der Waals surface area contributed by atoms with Crippen LogP contribution in [0.15, 0.2) is 206 Å². The molecule has 0 amide bonds. The number of rotatable bonds is 12. The maximum Gasteiger partial charge on any atom is 0.170 e. The van der Waals surface area contributed by atoms with Gasteiger partial charge in [0.05, 0.1) is 0 Å². The Labute approximate surface area is 853 Å². The van der Waals surface area contributed by atoms with Gasteiger partial charge in [-0.2, -0.15) is 0 Å². The summed E-state index contributed by atoms with van der Waals surface area (Å²) in [6.45, 7) is 81.0. The Bertz CT molecular complexity index is 7250. The number of nitrogens with zero attached hydrogens (tertiary/aromatic N) is 6. The van der Waals surface area contributed by atoms with Crippen molar-refractivity contribution in [3.05, 3.63) is 306 Å². The van der Waals surface area contributed by atoms with Crippen LogP contribution in [-0.2, 0) is 65.0 Å². The molecule has 0 spiro atoms. The van der Waals surface area contributed by atoms with E-state index in [0.29, 0.717) is 148 Å². The molecule has 2 N–H and O–H groups in total. The minimum absolute atomic E-state index is 0.0872. The lowest BCUT2D eigenvalue weighted by Gasteiger charge is -2.42. The third kappa shape index (κ3) is 19.5. The first kappa shape index (κ1) is 99.5. The summed E-state index contributed by atoms with van der Waals surface area (Å²) in [6.07, 6.45) is 0. The number of fused-ring (bicyclic) bond motifs is 20. The molecular weight excluding hydrogens is 1770 g/mol. The molecule has 0 unspecified atom stereocenters. The Morgan fingerprint density at radius 1 is 0.174 bits per heavy atom. The van der Waals surface area contributed by atoms with Crippen LogP contribution < -0.4 is 28.4 Å². The lowest BCUT2D eigenvalue weighted by Crippen LogP contribution is -2.27. The SMILES string of the molecule is CC(C)(C)c1cc(Oc2cc3c(cc2Oc2cc(C(C)(C)C)cc(C(C)(C)C)c2)-c2nc-3nc3[nH]c(nc4nc(nc5[nH]c(n2)c2cc6c(cc52)C2c5ccccc5C6c5ccccc52)-c2cc(Oc5cc(C(C)(C)C)cc(C(C)(C)C)c5)c(Oc5cc(C(C)(C)C)cc(C(C)(C)C)c5)cc2-4)c2cc(Oc4cc(C(C)(C)C)cc(C(C)(C)C)c4)c(Oc4cc(C(C)(C)C)cc(C(C)(C)C)c4)cc32)cc(C(C)(C)C)c1. The fourth-order valence-corrected chi connectivity index (χ4v) is 19.9. The van der Waals surface area contributed by atoms with E-state index in [-0.39, 0.29) is 76.8 Å². The first-order valence-electron chi connectivity index (χ1n) is 51.5. The van der Waals surface area contributed by atoms with Crippen LogP contribution in [0.5, 0.6) is 69.0 Å². The molecule has 144 heavy (non-hydrogen) atoms. The van der Waals surface area contributed by atoms with Gasteiger partial charge >= 0.3 is 0 Å². The largest absolute Gasteiger partial charge is 0.453 e. The van der Waals surface area contributed by atoms with Crippen molar-refractivity contribution in [2.45, 2.75) is 326 Å². The summed E-state index contributed by atoms with van der Waals surface area (Å²) in [4.78, 5) is 43.5. The molecule has 14 nitrogen and oxygen atoms in total. The first-order valence-corrected chi connectivity index (χ1v) is 51.5. The van der Waals surface area contributed by atoms with Crippen molar-refractivity contribution >= 4 is 44.1 Å². The van der Waals surface area contributed by atoms with Gasteiger partial charge in [-0.1, -0.05) is 334 Å². The molecule has 15 aromatic rings. The molecule has 0 radical (unpaired) electrons. The zero-order valence-corrected chi connectivity index (χ0v) is 91.9. The van der Waals surface area contributed by atoms with E-state index < -0.39 is 0 Å². The fourth-order valence-electron chi connectivity index (χ4n) is 19.9. The van der Waals surface area contributed by atoms with Crippen LogP contribution >= 0.6 is 0 Å². The Hall–Kier alpha value is -13.2. The number of aromatic amines is 2. The van der Waals surface area contributed by atoms with Crippen LogP contribution in [0.25, 0.3) is 89.7 Å². The van der Waals surface area contributed by atoms with Crippen molar-refractivity contribution in [3.63, 3.8) is 0 Å². The molecular formula is C130H146N8O6. The summed E-state index contributed by atoms with van der Waals surface area (Å²) in [6, 6.07) is 74.9. The van der Waals surface area contributed by atoms with Crippen LogP contribution in [-0.4, -0.2) is 39.9 Å². The van der Waals surface area contributed by atoms with E-state index in [2.05, 4.69) is 465 Å². The normalized spacial score (nSPS) is 14.7. The zero-order valence-electron chi connectivity index (χ0n) is 91.9. The number of nitrogens with one attached hydrogen (secondary N) is 2. The van der Waals surface area contributed by atoms with Gasteiger partial charge in [-0.05, 0) is 286 Å². The van der Waals surface area contributed by atoms with Gasteiger partial charge in [-0.3, -0.25) is 0 Å². The molecule has 0 fully saturated rings. The van der Waals surface area contributed by atoms with E-state index in [1.165, 1.54) is 33.4 Å². The minimum Gasteiger partial charge on any atom is -0.453 e. The molecule has 14 heteroatoms. The maximum absolute atomic E-state index is 7.64. The average Bonchev–Trinajstić information content (AvgIpc) is 1.13. The highest BCUT2D eigenvalue weighted by Gasteiger charge is 2.43. The Morgan fingerprint density at radius 2 is 0.326 bits per heavy atom. The predicted molar refractivity (Wildman–Crippen MR) is 594 cm³/mol. The molecule has 12 aromatic carbocycles. The number of aromatic nitrogens is 8. The summed E-state index contributed by atoms with van der Waals surface area (Å²) < 4.78 is 45.8. The van der Waals surface area contributed by atoms with Crippen LogP contribution in [0.4, 0.5) is 0 Å². The van der Waals surface area contributed by atoms with Gasteiger partial charge in [-0.25, -0.2) is 29.9 Å². The molecule has 5 aliphatic rings. The van der Waals surface area contributed by atoms with Gasteiger partial charge < -0.3 is 38.4 Å². The Kier molecular flexibility index (Phi) is 23.7. The zero-order chi connectivity index (χ0) is 104. The highest BCUT2D eigenvalue weighted by Crippen LogP contribution is 2.59. The van der Waals surface area contributed by atoms with Crippen LogP contribution in [0.3, 0.4) is 0 Å². The van der Waals surface area contributed by atoms with Crippen molar-refractivity contribution in [2.75, 3.05) is 0 Å². The molecule has 0 atom stereocenters. The van der Waals surface area contributed by atoms with Crippen molar-refractivity contribution in [1.82, 2.24) is 39.9 Å². The minimum atomic E-state index is -0.261. The average molecular weight is 1920 g/mol. The van der Waals surface area contributed by atoms with Crippen molar-refractivity contribution in [2.24, 2.45) is 0 Å². The van der Waals surface area contributed by atoms with Gasteiger partial charge in [0, 0.05) is 55.6 Å². The first-order chi connectivity index (χ1) is 66.8. The number of hydrogen-bond donors (Lipinski definition) is 2. The Balaban J connectivity index is 0.974. The van der Waals surface area contributed by atoms with Gasteiger partial charge in [0.25, 0.3) is 0 Å². The van der Waals surface area contributed by atoms with E-state index >= 15 is 0 Å². The quantitative estimate of drug-likeness (QED) is 0.119. The van der Waals surface area contributed by atoms with E-state index in [9.17, 15) is 0 Å². The van der Waals surface area contributed by atoms with Crippen LogP contribution in [0.1, 0.15) is 361 Å². The second kappa shape index (κ2) is 34.2. The summed E-state index contributed by atoms with van der Waals surface area (Å²) in [5.41, 5.74) is 22.4. The van der Waals surface area contributed by atoms with Gasteiger partial charge in [0.1, 0.15) is 57.1 Å². The molecule has 742 valence electrons. The highest BCUT2D eigenvalue weighted by atomic mass is 16.5. The second-order valence-electron chi connectivity index (χ2n) is 53.4. The molecule has 3 aliphatic carbocycles. The number of H-pyrrole nitrogens is 2. The van der Waals surface area contributed by atoms with Crippen molar-refractivity contribution in [3.8, 4) is 115 Å². The number of ether oxygens (including phenoxy) is 6. The van der Waals surface area contributed by atoms with Gasteiger partial charge in [0.15, 0.2) is 57.8 Å². The molecule has 2 aliphatic heterocycles. The van der Waals surface area contributed by atoms with E-state index in [4.69, 9.17) is 58.3 Å². The summed E-state index contributed by atoms with van der Waals surface area (Å²) in [5.74, 6) is 7.76. The van der Waals surface area contributed by atoms with E-state index in [0.717, 1.165) is 77.5 Å². The van der Waals surface area contributed by atoms with Gasteiger partial charge in [0.2, 0.25) is 0 Å². The van der Waals surface area contributed by atoms with E-state index in [1.807, 2.05) is 0 Å². The molecule has 3 aromatic heterocycles. The van der Waals surface area contributed by atoms with E-state index in [1.54, 1.807) is 0 Å². The van der Waals surface area contributed by atoms with Crippen LogP contribution in [0, 0.1) is 0 Å². The lowest BCUT2D eigenvalue weighted by molar-refractivity contribution is 0.414. The third-order valence-electron chi connectivity index (χ3n) is 29.3. The van der Waals surface area contributed by atoms with Gasteiger partial charge in [-0.15, -0.1) is 0 Å². The fraction of sp³-hybridized carbons (Fsp3) is 0.385. The standard InChI is InChI=1S/C130H146N8O6/c1-119(2,3)71-45-72(120(4,5)6)52-83(51-71)139-103-65-97-99(67-105(103)141-85-55-75(123(13,14)15)47-76(56-85)124(16,17)18)115-134-113(97)132-111-95-63-93-94(110-91-43-39-37-41-89(91)109(93)90-42-38-40-44-92(90)110)64-96(95)112(131-111)133-114-98-66-104(140-84-53-73(121(7,8)9)46-74(54-84)122(10,11)12)106(142-86-57-77(125(19,20)21)48-78(58-86)126(22,23)24)68-100(98)116(135-114)137-118-102-70-108(144-88-61-81(129(31,32)33)50-82(62-88)130(34,35)36)107(69-101(102)117(136-115)138-118)143-87-59-79(127(25,26)27)49-80(60-87)128(28,29)30/h37-70,109-110H,1-36H3,(H2,131,132,133,134,135,136,137,138). The highest BCUT2D eigenvalue weighted by molar-refractivity contribution is 6.08. The molecule has 0 saturated heterocycles. The summed E-state index contributed by atoms with van der Waals surface area (Å²) in [7, 11) is 0. The molecule has 10 bridgehead atoms. The smallest absolute Gasteiger partial charge is 0.170 e. The maximum atomic E-state index is 7.64. The van der Waals surface area contributed by atoms with Crippen molar-refractivity contribution in [1.29, 1.82) is 0 Å². The lowest BCUT2D eigenvalue weighted by atomic mass is 9.61. The summed E-state index contributed by atoms with van der Waals surface area (Å²) in [5, 5.41) is 2.94. The van der Waals surface area contributed by atoms with Crippen molar-refractivity contribution < 1.29 is 28.4 Å². The second-order valence-corrected chi connectivity index (χ2v) is 53.4. The third-order valence-corrected chi connectivity index (χ3v) is 29.3. The molecule has 5 heterocycles. The predicted octanol–water partition coefficient (Wildman–Crippen LogP) is 36.2. The number of hydrogen-bond acceptors (Lipinski definition) is 12. The monoisotopic (exact) mass is 1920 g/mol. The molecule has 20 rings (SSSR count). The van der Waals surface area contributed by atoms with Crippen LogP contribution in [0.2, 0.25) is 0 Å². The topological polar surface area (TPSA) is 164 Å². The number of benzene rings is 12. The molecule has 0 saturated carbocycles.